The van der Waals surface area contributed by atoms with Crippen molar-refractivity contribution in [3.63, 3.8) is 0 Å². The molecule has 1 aliphatic rings. The van der Waals surface area contributed by atoms with Crippen LogP contribution in [0.4, 0.5) is 10.1 Å². The molecular weight excluding hydrogens is 259 g/mol. The number of hydrogen-bond acceptors (Lipinski definition) is 3. The quantitative estimate of drug-likeness (QED) is 0.746. The second kappa shape index (κ2) is 6.81. The van der Waals surface area contributed by atoms with Crippen LogP contribution in [0.1, 0.15) is 25.7 Å². The molecule has 1 aliphatic carbocycles. The van der Waals surface area contributed by atoms with E-state index in [9.17, 15) is 14.3 Å². The summed E-state index contributed by atoms with van der Waals surface area (Å²) >= 11 is 0. The van der Waals surface area contributed by atoms with Gasteiger partial charge in [-0.05, 0) is 25.0 Å². The number of halogens is 1. The zero-order valence-electron chi connectivity index (χ0n) is 11.5. The standard InChI is InChI=1S/C15H21FN2O2/c16-12-5-1-2-6-13(12)18-14(20)9-17-10-15(11-19)7-3-4-8-15/h1-2,5-6,17,19H,3-4,7-11H2,(H,18,20). The summed E-state index contributed by atoms with van der Waals surface area (Å²) in [5.74, 6) is -0.718. The lowest BCUT2D eigenvalue weighted by molar-refractivity contribution is -0.115. The summed E-state index contributed by atoms with van der Waals surface area (Å²) in [6.07, 6.45) is 4.24. The number of hydrogen-bond donors (Lipinski definition) is 3. The van der Waals surface area contributed by atoms with Crippen molar-refractivity contribution in [2.24, 2.45) is 5.41 Å². The zero-order valence-corrected chi connectivity index (χ0v) is 11.5. The van der Waals surface area contributed by atoms with E-state index in [-0.39, 0.29) is 30.2 Å². The molecule has 1 saturated carbocycles. The van der Waals surface area contributed by atoms with Crippen molar-refractivity contribution in [2.45, 2.75) is 25.7 Å². The summed E-state index contributed by atoms with van der Waals surface area (Å²) in [6.45, 7) is 0.888. The van der Waals surface area contributed by atoms with Gasteiger partial charge in [0.25, 0.3) is 0 Å². The van der Waals surface area contributed by atoms with Gasteiger partial charge in [-0.15, -0.1) is 0 Å². The molecule has 0 unspecified atom stereocenters. The fourth-order valence-electron chi connectivity index (χ4n) is 2.71. The Bertz CT molecular complexity index is 459. The van der Waals surface area contributed by atoms with Crippen molar-refractivity contribution < 1.29 is 14.3 Å². The molecule has 0 aromatic heterocycles. The van der Waals surface area contributed by atoms with E-state index in [4.69, 9.17) is 0 Å². The third kappa shape index (κ3) is 3.77. The highest BCUT2D eigenvalue weighted by Gasteiger charge is 2.32. The van der Waals surface area contributed by atoms with Crippen LogP contribution in [0, 0.1) is 11.2 Å². The third-order valence-corrected chi connectivity index (χ3v) is 3.93. The average Bonchev–Trinajstić information content (AvgIpc) is 2.91. The van der Waals surface area contributed by atoms with Gasteiger partial charge in [-0.1, -0.05) is 25.0 Å². The Morgan fingerprint density at radius 3 is 2.65 bits per heavy atom. The number of carbonyl (C=O) groups is 1. The highest BCUT2D eigenvalue weighted by Crippen LogP contribution is 2.36. The van der Waals surface area contributed by atoms with E-state index in [1.807, 2.05) is 0 Å². The van der Waals surface area contributed by atoms with Crippen LogP contribution < -0.4 is 10.6 Å². The Balaban J connectivity index is 1.77. The molecule has 0 saturated heterocycles. The van der Waals surface area contributed by atoms with Crippen molar-refractivity contribution in [3.8, 4) is 0 Å². The molecule has 1 aromatic rings. The minimum absolute atomic E-state index is 0.0850. The van der Waals surface area contributed by atoms with E-state index in [0.717, 1.165) is 25.7 Å². The van der Waals surface area contributed by atoms with Crippen LogP contribution >= 0.6 is 0 Å². The molecule has 2 rings (SSSR count). The number of aliphatic hydroxyl groups excluding tert-OH is 1. The minimum Gasteiger partial charge on any atom is -0.396 e. The van der Waals surface area contributed by atoms with Gasteiger partial charge < -0.3 is 15.7 Å². The summed E-state index contributed by atoms with van der Waals surface area (Å²) in [7, 11) is 0. The monoisotopic (exact) mass is 280 g/mol. The fourth-order valence-corrected chi connectivity index (χ4v) is 2.71. The summed E-state index contributed by atoms with van der Waals surface area (Å²) < 4.78 is 13.4. The Morgan fingerprint density at radius 1 is 1.30 bits per heavy atom. The molecule has 1 aromatic carbocycles. The van der Waals surface area contributed by atoms with Gasteiger partial charge in [0.1, 0.15) is 5.82 Å². The summed E-state index contributed by atoms with van der Waals surface area (Å²) in [4.78, 5) is 11.7. The molecule has 0 radical (unpaired) electrons. The second-order valence-electron chi connectivity index (χ2n) is 5.50. The van der Waals surface area contributed by atoms with Crippen molar-refractivity contribution in [3.05, 3.63) is 30.1 Å². The summed E-state index contributed by atoms with van der Waals surface area (Å²) in [6, 6.07) is 6.08. The van der Waals surface area contributed by atoms with E-state index in [1.54, 1.807) is 12.1 Å². The Labute approximate surface area is 118 Å². The second-order valence-corrected chi connectivity index (χ2v) is 5.50. The lowest BCUT2D eigenvalue weighted by Gasteiger charge is -2.26. The Kier molecular flexibility index (Phi) is 5.09. The molecule has 20 heavy (non-hydrogen) atoms. The molecule has 3 N–H and O–H groups in total. The maximum atomic E-state index is 13.4. The van der Waals surface area contributed by atoms with Crippen LogP contribution in [0.25, 0.3) is 0 Å². The number of anilines is 1. The first kappa shape index (κ1) is 14.9. The molecule has 1 fully saturated rings. The SMILES string of the molecule is O=C(CNCC1(CO)CCCC1)Nc1ccccc1F. The lowest BCUT2D eigenvalue weighted by atomic mass is 9.87. The molecule has 0 bridgehead atoms. The van der Waals surface area contributed by atoms with E-state index in [1.165, 1.54) is 12.1 Å². The van der Waals surface area contributed by atoms with E-state index in [2.05, 4.69) is 10.6 Å². The molecule has 1 amide bonds. The van der Waals surface area contributed by atoms with Crippen molar-refractivity contribution in [1.82, 2.24) is 5.32 Å². The van der Waals surface area contributed by atoms with Crippen molar-refractivity contribution in [1.29, 1.82) is 0 Å². The van der Waals surface area contributed by atoms with Crippen LogP contribution in [-0.4, -0.2) is 30.7 Å². The van der Waals surface area contributed by atoms with Gasteiger partial charge in [0, 0.05) is 18.6 Å². The fraction of sp³-hybridized carbons (Fsp3) is 0.533. The highest BCUT2D eigenvalue weighted by molar-refractivity contribution is 5.92. The number of rotatable bonds is 6. The first-order valence-corrected chi connectivity index (χ1v) is 7.01. The maximum absolute atomic E-state index is 13.4. The van der Waals surface area contributed by atoms with Gasteiger partial charge in [0.2, 0.25) is 5.91 Å². The largest absolute Gasteiger partial charge is 0.396 e. The van der Waals surface area contributed by atoms with Gasteiger partial charge in [0.15, 0.2) is 0 Å². The van der Waals surface area contributed by atoms with Crippen LogP contribution in [-0.2, 0) is 4.79 Å². The lowest BCUT2D eigenvalue weighted by Crippen LogP contribution is -2.38. The maximum Gasteiger partial charge on any atom is 0.238 e. The molecule has 4 nitrogen and oxygen atoms in total. The molecular formula is C15H21FN2O2. The molecule has 110 valence electrons. The Hall–Kier alpha value is -1.46. The number of aliphatic hydroxyl groups is 1. The van der Waals surface area contributed by atoms with Gasteiger partial charge in [-0.2, -0.15) is 0 Å². The minimum atomic E-state index is -0.441. The van der Waals surface area contributed by atoms with E-state index < -0.39 is 5.82 Å². The Morgan fingerprint density at radius 2 is 2.00 bits per heavy atom. The number of amides is 1. The third-order valence-electron chi connectivity index (χ3n) is 3.93. The van der Waals surface area contributed by atoms with Gasteiger partial charge in [0.05, 0.1) is 12.2 Å². The van der Waals surface area contributed by atoms with Crippen LogP contribution in [0.3, 0.4) is 0 Å². The molecule has 0 atom stereocenters. The smallest absolute Gasteiger partial charge is 0.238 e. The van der Waals surface area contributed by atoms with Crippen molar-refractivity contribution in [2.75, 3.05) is 25.0 Å². The number of carbonyl (C=O) groups excluding carboxylic acids is 1. The molecule has 0 spiro atoms. The highest BCUT2D eigenvalue weighted by atomic mass is 19.1. The van der Waals surface area contributed by atoms with Crippen molar-refractivity contribution >= 4 is 11.6 Å². The summed E-state index contributed by atoms with van der Waals surface area (Å²) in [5, 5.41) is 15.1. The molecule has 0 aliphatic heterocycles. The first-order valence-electron chi connectivity index (χ1n) is 7.01. The van der Waals surface area contributed by atoms with E-state index >= 15 is 0 Å². The van der Waals surface area contributed by atoms with Gasteiger partial charge in [-0.25, -0.2) is 4.39 Å². The molecule has 0 heterocycles. The predicted octanol–water partition coefficient (Wildman–Crippen LogP) is 1.91. The normalized spacial score (nSPS) is 17.1. The topological polar surface area (TPSA) is 61.4 Å². The van der Waals surface area contributed by atoms with E-state index in [0.29, 0.717) is 6.54 Å². The molecule has 5 heteroatoms. The van der Waals surface area contributed by atoms with Crippen LogP contribution in [0.2, 0.25) is 0 Å². The number of nitrogens with one attached hydrogen (secondary N) is 2. The van der Waals surface area contributed by atoms with Crippen LogP contribution in [0.5, 0.6) is 0 Å². The number of benzene rings is 1. The zero-order chi connectivity index (χ0) is 14.4. The van der Waals surface area contributed by atoms with Gasteiger partial charge in [-0.3, -0.25) is 4.79 Å². The van der Waals surface area contributed by atoms with Gasteiger partial charge >= 0.3 is 0 Å². The predicted molar refractivity (Wildman–Crippen MR) is 75.9 cm³/mol. The van der Waals surface area contributed by atoms with Crippen LogP contribution in [0.15, 0.2) is 24.3 Å². The summed E-state index contributed by atoms with van der Waals surface area (Å²) in [5.41, 5.74) is 0.107. The first-order chi connectivity index (χ1) is 9.65. The average molecular weight is 280 g/mol. The number of para-hydroxylation sites is 1.